The Labute approximate surface area is 119 Å². The molecule has 3 nitrogen and oxygen atoms in total. The zero-order valence-electron chi connectivity index (χ0n) is 13.8. The van der Waals surface area contributed by atoms with Crippen molar-refractivity contribution in [2.24, 2.45) is 5.73 Å². The van der Waals surface area contributed by atoms with E-state index < -0.39 is 0 Å². The maximum Gasteiger partial charge on any atom is 0.214 e. The van der Waals surface area contributed by atoms with Crippen LogP contribution in [0, 0.1) is 0 Å². The summed E-state index contributed by atoms with van der Waals surface area (Å²) in [6, 6.07) is 8.18. The van der Waals surface area contributed by atoms with Gasteiger partial charge in [-0.15, -0.1) is 0 Å². The summed E-state index contributed by atoms with van der Waals surface area (Å²) < 4.78 is 5.11. The Morgan fingerprint density at radius 2 is 1.58 bits per heavy atom. The van der Waals surface area contributed by atoms with Crippen LogP contribution < -0.4 is 10.5 Å². The van der Waals surface area contributed by atoms with Gasteiger partial charge in [0.05, 0.1) is 7.11 Å². The van der Waals surface area contributed by atoms with Gasteiger partial charge in [0.1, 0.15) is 5.75 Å². The molecule has 0 spiro atoms. The molecule has 112 valence electrons. The average molecular weight is 269 g/mol. The van der Waals surface area contributed by atoms with Gasteiger partial charge in [-0.05, 0) is 23.6 Å². The fourth-order valence-corrected chi connectivity index (χ4v) is 1.00. The molecule has 3 heteroatoms. The molecular formula is C16H31NO2. The Morgan fingerprint density at radius 1 is 1.16 bits per heavy atom. The van der Waals surface area contributed by atoms with Crippen LogP contribution in [0.25, 0.3) is 0 Å². The molecule has 1 rings (SSSR count). The second-order valence-corrected chi connectivity index (χ2v) is 3.54. The first-order valence-electron chi connectivity index (χ1n) is 6.87. The molecule has 0 aliphatic rings. The van der Waals surface area contributed by atoms with Crippen molar-refractivity contribution in [1.29, 1.82) is 0 Å². The lowest BCUT2D eigenvalue weighted by Gasteiger charge is -2.06. The highest BCUT2D eigenvalue weighted by Gasteiger charge is 1.98. The van der Waals surface area contributed by atoms with Gasteiger partial charge in [0.25, 0.3) is 0 Å². The van der Waals surface area contributed by atoms with E-state index in [1.54, 1.807) is 7.11 Å². The molecule has 0 aliphatic carbocycles. The molecule has 0 saturated heterocycles. The van der Waals surface area contributed by atoms with Crippen molar-refractivity contribution in [3.63, 3.8) is 0 Å². The van der Waals surface area contributed by atoms with Crippen LogP contribution in [0.5, 0.6) is 5.75 Å². The third kappa shape index (κ3) is 16.5. The monoisotopic (exact) mass is 269 g/mol. The summed E-state index contributed by atoms with van der Waals surface area (Å²) in [5.74, 6) is 1.18. The second kappa shape index (κ2) is 16.5. The fourth-order valence-electron chi connectivity index (χ4n) is 1.00. The van der Waals surface area contributed by atoms with Crippen molar-refractivity contribution in [3.05, 3.63) is 29.8 Å². The van der Waals surface area contributed by atoms with Gasteiger partial charge in [0.15, 0.2) is 0 Å². The van der Waals surface area contributed by atoms with E-state index in [2.05, 4.69) is 31.7 Å². The molecule has 0 fully saturated rings. The maximum atomic E-state index is 9.22. The standard InChI is InChI=1S/C10H14O.C2H5NO.2C2H6/c1-8(2)9-5-4-6-10(7-9)11-3;1-2(3)4;2*1-2/h4-8H,1-3H3;1H3,(H2,3,4);2*1-2H3. The highest BCUT2D eigenvalue weighted by atomic mass is 16.5. The third-order valence-electron chi connectivity index (χ3n) is 1.76. The Balaban J connectivity index is -0.000000271. The largest absolute Gasteiger partial charge is 0.497 e. The van der Waals surface area contributed by atoms with Gasteiger partial charge in [0.2, 0.25) is 5.91 Å². The van der Waals surface area contributed by atoms with Gasteiger partial charge in [-0.1, -0.05) is 53.7 Å². The van der Waals surface area contributed by atoms with Crippen molar-refractivity contribution in [2.45, 2.75) is 54.4 Å². The number of carbonyl (C=O) groups is 1. The van der Waals surface area contributed by atoms with E-state index in [1.165, 1.54) is 12.5 Å². The van der Waals surface area contributed by atoms with Gasteiger partial charge in [-0.2, -0.15) is 0 Å². The van der Waals surface area contributed by atoms with Crippen molar-refractivity contribution >= 4 is 5.91 Å². The Hall–Kier alpha value is -1.51. The van der Waals surface area contributed by atoms with Crippen LogP contribution in [0.15, 0.2) is 24.3 Å². The zero-order valence-corrected chi connectivity index (χ0v) is 13.8. The lowest BCUT2D eigenvalue weighted by molar-refractivity contribution is -0.115. The van der Waals surface area contributed by atoms with Gasteiger partial charge in [0, 0.05) is 6.92 Å². The second-order valence-electron chi connectivity index (χ2n) is 3.54. The Kier molecular flexibility index (Phi) is 19.7. The summed E-state index contributed by atoms with van der Waals surface area (Å²) in [7, 11) is 1.69. The number of rotatable bonds is 2. The Bertz CT molecular complexity index is 305. The predicted molar refractivity (Wildman–Crippen MR) is 84.6 cm³/mol. The molecule has 0 heterocycles. The van der Waals surface area contributed by atoms with Gasteiger partial charge in [-0.25, -0.2) is 0 Å². The van der Waals surface area contributed by atoms with Gasteiger partial charge < -0.3 is 10.5 Å². The quantitative estimate of drug-likeness (QED) is 0.867. The summed E-state index contributed by atoms with van der Waals surface area (Å²) in [6.45, 7) is 13.7. The summed E-state index contributed by atoms with van der Waals surface area (Å²) >= 11 is 0. The van der Waals surface area contributed by atoms with Crippen LogP contribution in [0.4, 0.5) is 0 Å². The summed E-state index contributed by atoms with van der Waals surface area (Å²) in [5, 5.41) is 0. The zero-order chi connectivity index (χ0) is 15.8. The first kappa shape index (κ1) is 22.7. The highest BCUT2D eigenvalue weighted by Crippen LogP contribution is 2.19. The molecule has 0 unspecified atom stereocenters. The minimum Gasteiger partial charge on any atom is -0.497 e. The van der Waals surface area contributed by atoms with Crippen molar-refractivity contribution in [1.82, 2.24) is 0 Å². The van der Waals surface area contributed by atoms with Gasteiger partial charge in [-0.3, -0.25) is 4.79 Å². The number of benzene rings is 1. The molecule has 0 bridgehead atoms. The van der Waals surface area contributed by atoms with E-state index >= 15 is 0 Å². The molecule has 0 aliphatic heterocycles. The minimum absolute atomic E-state index is 0.333. The van der Waals surface area contributed by atoms with Crippen molar-refractivity contribution < 1.29 is 9.53 Å². The van der Waals surface area contributed by atoms with E-state index in [0.717, 1.165) is 5.75 Å². The highest BCUT2D eigenvalue weighted by molar-refractivity contribution is 5.70. The summed E-state index contributed by atoms with van der Waals surface area (Å²) in [6.07, 6.45) is 0. The van der Waals surface area contributed by atoms with E-state index in [9.17, 15) is 4.79 Å². The normalized spacial score (nSPS) is 7.84. The first-order chi connectivity index (χ1) is 8.97. The topological polar surface area (TPSA) is 52.3 Å². The number of primary amides is 1. The summed E-state index contributed by atoms with van der Waals surface area (Å²) in [5.41, 5.74) is 5.80. The number of ether oxygens (including phenoxy) is 1. The van der Waals surface area contributed by atoms with Crippen LogP contribution in [-0.4, -0.2) is 13.0 Å². The molecule has 1 aromatic carbocycles. The number of hydrogen-bond donors (Lipinski definition) is 1. The average Bonchev–Trinajstić information content (AvgIpc) is 2.42. The SMILES string of the molecule is CC.CC.CC(N)=O.COc1cccc(C(C)C)c1. The van der Waals surface area contributed by atoms with Crippen LogP contribution >= 0.6 is 0 Å². The molecule has 2 N–H and O–H groups in total. The van der Waals surface area contributed by atoms with Crippen molar-refractivity contribution in [3.8, 4) is 5.75 Å². The van der Waals surface area contributed by atoms with Crippen LogP contribution in [0.2, 0.25) is 0 Å². The molecule has 0 radical (unpaired) electrons. The molecule has 1 amide bonds. The van der Waals surface area contributed by atoms with Crippen LogP contribution in [0.3, 0.4) is 0 Å². The molecule has 19 heavy (non-hydrogen) atoms. The molecule has 0 atom stereocenters. The molecule has 1 aromatic rings. The number of amides is 1. The molecular weight excluding hydrogens is 238 g/mol. The molecule has 0 saturated carbocycles. The molecule has 0 aromatic heterocycles. The van der Waals surface area contributed by atoms with E-state index in [1.807, 2.05) is 39.8 Å². The third-order valence-corrected chi connectivity index (χ3v) is 1.76. The lowest BCUT2D eigenvalue weighted by Crippen LogP contribution is -2.01. The number of methoxy groups -OCH3 is 1. The lowest BCUT2D eigenvalue weighted by atomic mass is 10.0. The van der Waals surface area contributed by atoms with E-state index in [0.29, 0.717) is 5.92 Å². The number of carbonyl (C=O) groups excluding carboxylic acids is 1. The number of hydrogen-bond acceptors (Lipinski definition) is 2. The van der Waals surface area contributed by atoms with E-state index in [4.69, 9.17) is 4.74 Å². The fraction of sp³-hybridized carbons (Fsp3) is 0.562. The Morgan fingerprint density at radius 3 is 1.89 bits per heavy atom. The first-order valence-corrected chi connectivity index (χ1v) is 6.87. The van der Waals surface area contributed by atoms with Crippen molar-refractivity contribution in [2.75, 3.05) is 7.11 Å². The number of nitrogens with two attached hydrogens (primary N) is 1. The van der Waals surface area contributed by atoms with Crippen LogP contribution in [-0.2, 0) is 4.79 Å². The van der Waals surface area contributed by atoms with Crippen LogP contribution in [0.1, 0.15) is 59.9 Å². The predicted octanol–water partition coefficient (Wildman–Crippen LogP) is 4.36. The minimum atomic E-state index is -0.333. The summed E-state index contributed by atoms with van der Waals surface area (Å²) in [4.78, 5) is 9.22. The smallest absolute Gasteiger partial charge is 0.214 e. The maximum absolute atomic E-state index is 9.22. The van der Waals surface area contributed by atoms with Gasteiger partial charge >= 0.3 is 0 Å². The van der Waals surface area contributed by atoms with E-state index in [-0.39, 0.29) is 5.91 Å².